The molecular weight excluding hydrogens is 312 g/mol. The Labute approximate surface area is 131 Å². The molecule has 0 radical (unpaired) electrons. The molecule has 3 rings (SSSR count). The molecule has 1 N–H and O–H groups in total. The van der Waals surface area contributed by atoms with Crippen LogP contribution in [0.5, 0.6) is 0 Å². The first kappa shape index (κ1) is 14.7. The van der Waals surface area contributed by atoms with Gasteiger partial charge in [-0.2, -0.15) is 0 Å². The summed E-state index contributed by atoms with van der Waals surface area (Å²) in [6, 6.07) is 3.19. The summed E-state index contributed by atoms with van der Waals surface area (Å²) in [6.45, 7) is 1.27. The van der Waals surface area contributed by atoms with E-state index in [0.717, 1.165) is 18.6 Å². The minimum Gasteiger partial charge on any atom is -0.399 e. The van der Waals surface area contributed by atoms with E-state index in [1.54, 1.807) is 17.0 Å². The standard InChI is InChI=1S/C13H13ClN4O4/c14-9-2-3-10(17-16-9)18-7-1-6-15-8-13(18)21-11(19)4-5-12(20)22-13/h2-5,15H,1,6-8H2. The van der Waals surface area contributed by atoms with Crippen LogP contribution in [-0.2, 0) is 19.1 Å². The van der Waals surface area contributed by atoms with Gasteiger partial charge in [-0.25, -0.2) is 9.59 Å². The highest BCUT2D eigenvalue weighted by molar-refractivity contribution is 6.29. The molecule has 2 aliphatic heterocycles. The quantitative estimate of drug-likeness (QED) is 0.734. The molecule has 116 valence electrons. The summed E-state index contributed by atoms with van der Waals surface area (Å²) < 4.78 is 10.8. The molecule has 2 aliphatic rings. The van der Waals surface area contributed by atoms with Crippen molar-refractivity contribution in [2.75, 3.05) is 24.5 Å². The number of nitrogens with zero attached hydrogens (tertiary/aromatic N) is 3. The number of carbonyl (C=O) groups excluding carboxylic acids is 2. The SMILES string of the molecule is O=C1C=CC(=O)OC2(CNCCCN2c2ccc(Cl)nn2)O1. The van der Waals surface area contributed by atoms with Gasteiger partial charge in [0, 0.05) is 18.7 Å². The molecule has 0 aliphatic carbocycles. The summed E-state index contributed by atoms with van der Waals surface area (Å²) in [6.07, 6.45) is 2.82. The third-order valence-electron chi connectivity index (χ3n) is 3.27. The first-order valence-electron chi connectivity index (χ1n) is 6.71. The van der Waals surface area contributed by atoms with Crippen molar-refractivity contribution in [2.24, 2.45) is 0 Å². The summed E-state index contributed by atoms with van der Waals surface area (Å²) in [5, 5.41) is 11.1. The Balaban J connectivity index is 2.01. The fourth-order valence-electron chi connectivity index (χ4n) is 2.34. The van der Waals surface area contributed by atoms with Gasteiger partial charge in [-0.05, 0) is 25.1 Å². The number of esters is 2. The van der Waals surface area contributed by atoms with Crippen LogP contribution in [0.2, 0.25) is 5.15 Å². The average Bonchev–Trinajstić information content (AvgIpc) is 2.77. The van der Waals surface area contributed by atoms with Gasteiger partial charge < -0.3 is 14.8 Å². The molecule has 0 bridgehead atoms. The van der Waals surface area contributed by atoms with E-state index in [1.165, 1.54) is 0 Å². The smallest absolute Gasteiger partial charge is 0.357 e. The molecule has 0 unspecified atom stereocenters. The van der Waals surface area contributed by atoms with Crippen LogP contribution in [0.25, 0.3) is 0 Å². The first-order chi connectivity index (χ1) is 10.6. The number of ether oxygens (including phenoxy) is 2. The van der Waals surface area contributed by atoms with Crippen molar-refractivity contribution in [2.45, 2.75) is 12.3 Å². The highest BCUT2D eigenvalue weighted by atomic mass is 35.5. The van der Waals surface area contributed by atoms with Crippen molar-refractivity contribution >= 4 is 29.4 Å². The highest BCUT2D eigenvalue weighted by Gasteiger charge is 2.47. The molecule has 0 amide bonds. The Kier molecular flexibility index (Phi) is 3.95. The van der Waals surface area contributed by atoms with Gasteiger partial charge in [-0.15, -0.1) is 10.2 Å². The van der Waals surface area contributed by atoms with E-state index >= 15 is 0 Å². The van der Waals surface area contributed by atoms with Crippen molar-refractivity contribution in [1.29, 1.82) is 0 Å². The lowest BCUT2D eigenvalue weighted by molar-refractivity contribution is -0.217. The summed E-state index contributed by atoms with van der Waals surface area (Å²) in [4.78, 5) is 25.2. The van der Waals surface area contributed by atoms with Gasteiger partial charge in [0.05, 0.1) is 6.54 Å². The van der Waals surface area contributed by atoms with Crippen LogP contribution in [0.1, 0.15) is 6.42 Å². The van der Waals surface area contributed by atoms with E-state index in [-0.39, 0.29) is 11.7 Å². The molecule has 1 saturated heterocycles. The van der Waals surface area contributed by atoms with E-state index in [9.17, 15) is 9.59 Å². The predicted molar refractivity (Wildman–Crippen MR) is 75.9 cm³/mol. The fourth-order valence-corrected chi connectivity index (χ4v) is 2.44. The van der Waals surface area contributed by atoms with Gasteiger partial charge in [0.25, 0.3) is 0 Å². The fraction of sp³-hybridized carbons (Fsp3) is 0.385. The number of hydrogen-bond donors (Lipinski definition) is 1. The van der Waals surface area contributed by atoms with E-state index in [4.69, 9.17) is 21.1 Å². The number of hydrogen-bond acceptors (Lipinski definition) is 8. The van der Waals surface area contributed by atoms with Gasteiger partial charge in [-0.1, -0.05) is 11.6 Å². The lowest BCUT2D eigenvalue weighted by atomic mass is 10.3. The Hall–Kier alpha value is -2.19. The van der Waals surface area contributed by atoms with E-state index in [1.807, 2.05) is 0 Å². The number of carbonyl (C=O) groups is 2. The van der Waals surface area contributed by atoms with E-state index in [2.05, 4.69) is 15.5 Å². The number of nitrogens with one attached hydrogen (secondary N) is 1. The van der Waals surface area contributed by atoms with Crippen molar-refractivity contribution in [3.05, 3.63) is 29.4 Å². The van der Waals surface area contributed by atoms with Crippen LogP contribution in [0, 0.1) is 0 Å². The van der Waals surface area contributed by atoms with Gasteiger partial charge >= 0.3 is 17.8 Å². The second kappa shape index (κ2) is 5.90. The molecule has 0 saturated carbocycles. The molecule has 0 aromatic carbocycles. The zero-order valence-corrected chi connectivity index (χ0v) is 12.2. The number of anilines is 1. The Morgan fingerprint density at radius 1 is 1.18 bits per heavy atom. The van der Waals surface area contributed by atoms with E-state index < -0.39 is 17.8 Å². The molecule has 22 heavy (non-hydrogen) atoms. The number of aromatic nitrogens is 2. The van der Waals surface area contributed by atoms with Crippen LogP contribution in [0.4, 0.5) is 5.82 Å². The second-order valence-corrected chi connectivity index (χ2v) is 5.17. The van der Waals surface area contributed by atoms with Gasteiger partial charge in [0.2, 0.25) is 0 Å². The summed E-state index contributed by atoms with van der Waals surface area (Å²) in [7, 11) is 0. The largest absolute Gasteiger partial charge is 0.399 e. The predicted octanol–water partition coefficient (Wildman–Crippen LogP) is 0.240. The van der Waals surface area contributed by atoms with Crippen LogP contribution < -0.4 is 10.2 Å². The van der Waals surface area contributed by atoms with Crippen LogP contribution in [0.3, 0.4) is 0 Å². The molecule has 1 aromatic heterocycles. The zero-order valence-electron chi connectivity index (χ0n) is 11.5. The Morgan fingerprint density at radius 2 is 1.91 bits per heavy atom. The highest BCUT2D eigenvalue weighted by Crippen LogP contribution is 2.28. The second-order valence-electron chi connectivity index (χ2n) is 4.78. The molecule has 8 nitrogen and oxygen atoms in total. The summed E-state index contributed by atoms with van der Waals surface area (Å²) in [5.41, 5.74) is 0. The molecule has 1 aromatic rings. The summed E-state index contributed by atoms with van der Waals surface area (Å²) in [5.74, 6) is -2.53. The first-order valence-corrected chi connectivity index (χ1v) is 7.08. The van der Waals surface area contributed by atoms with Crippen LogP contribution >= 0.6 is 11.6 Å². The van der Waals surface area contributed by atoms with Crippen LogP contribution in [0.15, 0.2) is 24.3 Å². The average molecular weight is 325 g/mol. The van der Waals surface area contributed by atoms with Crippen molar-refractivity contribution in [3.8, 4) is 0 Å². The molecular formula is C13H13ClN4O4. The minimum atomic E-state index is -1.60. The van der Waals surface area contributed by atoms with E-state index in [0.29, 0.717) is 18.9 Å². The van der Waals surface area contributed by atoms with Gasteiger partial charge in [0.15, 0.2) is 11.0 Å². The van der Waals surface area contributed by atoms with Crippen molar-refractivity contribution < 1.29 is 19.1 Å². The molecule has 3 heterocycles. The number of rotatable bonds is 1. The van der Waals surface area contributed by atoms with Gasteiger partial charge in [0.1, 0.15) is 0 Å². The molecule has 0 atom stereocenters. The Bertz CT molecular complexity index is 599. The maximum absolute atomic E-state index is 11.8. The van der Waals surface area contributed by atoms with Crippen LogP contribution in [-0.4, -0.2) is 47.7 Å². The number of halogens is 1. The van der Waals surface area contributed by atoms with Gasteiger partial charge in [-0.3, -0.25) is 4.90 Å². The molecule has 1 spiro atoms. The minimum absolute atomic E-state index is 0.121. The monoisotopic (exact) mass is 324 g/mol. The maximum atomic E-state index is 11.8. The Morgan fingerprint density at radius 3 is 2.55 bits per heavy atom. The topological polar surface area (TPSA) is 93.7 Å². The third kappa shape index (κ3) is 2.88. The maximum Gasteiger partial charge on any atom is 0.357 e. The molecule has 1 fully saturated rings. The summed E-state index contributed by atoms with van der Waals surface area (Å²) >= 11 is 5.75. The van der Waals surface area contributed by atoms with Crippen molar-refractivity contribution in [1.82, 2.24) is 15.5 Å². The zero-order chi connectivity index (χ0) is 15.6. The lowest BCUT2D eigenvalue weighted by Crippen LogP contribution is -2.59. The third-order valence-corrected chi connectivity index (χ3v) is 3.47. The van der Waals surface area contributed by atoms with Crippen molar-refractivity contribution in [3.63, 3.8) is 0 Å². The molecule has 9 heteroatoms. The lowest BCUT2D eigenvalue weighted by Gasteiger charge is -2.39. The normalized spacial score (nSPS) is 21.0.